The molecule has 0 fully saturated rings. The Morgan fingerprint density at radius 3 is 2.10 bits per heavy atom. The number of amides is 1. The summed E-state index contributed by atoms with van der Waals surface area (Å²) in [7, 11) is 0. The number of hydrogen-bond donors (Lipinski definition) is 1. The van der Waals surface area contributed by atoms with Gasteiger partial charge in [0.15, 0.2) is 0 Å². The SMILES string of the molecule is CC(C)CCN(CCC(C)C)C(=O)c1ccc(Br)c(O)c1. The predicted molar refractivity (Wildman–Crippen MR) is 90.6 cm³/mol. The van der Waals surface area contributed by atoms with Gasteiger partial charge in [-0.1, -0.05) is 27.7 Å². The second-order valence-corrected chi connectivity index (χ2v) is 7.18. The molecular formula is C17H26BrNO2. The van der Waals surface area contributed by atoms with Gasteiger partial charge in [0, 0.05) is 18.7 Å². The lowest BCUT2D eigenvalue weighted by molar-refractivity contribution is 0.0740. The lowest BCUT2D eigenvalue weighted by atomic mass is 10.1. The zero-order valence-electron chi connectivity index (χ0n) is 13.4. The maximum Gasteiger partial charge on any atom is 0.253 e. The molecule has 0 radical (unpaired) electrons. The number of benzene rings is 1. The molecule has 0 aromatic heterocycles. The van der Waals surface area contributed by atoms with E-state index in [1.807, 2.05) is 4.90 Å². The van der Waals surface area contributed by atoms with Crippen molar-refractivity contribution in [3.63, 3.8) is 0 Å². The minimum atomic E-state index is -0.000833. The van der Waals surface area contributed by atoms with Gasteiger partial charge in [-0.15, -0.1) is 0 Å². The van der Waals surface area contributed by atoms with Gasteiger partial charge in [0.1, 0.15) is 5.75 Å². The fraction of sp³-hybridized carbons (Fsp3) is 0.588. The Bertz CT molecular complexity index is 460. The Kier molecular flexibility index (Phi) is 7.23. The van der Waals surface area contributed by atoms with Crippen molar-refractivity contribution in [1.29, 1.82) is 0 Å². The molecule has 21 heavy (non-hydrogen) atoms. The molecule has 0 spiro atoms. The zero-order valence-corrected chi connectivity index (χ0v) is 15.0. The molecule has 0 aliphatic carbocycles. The summed E-state index contributed by atoms with van der Waals surface area (Å²) >= 11 is 3.24. The molecule has 0 saturated carbocycles. The van der Waals surface area contributed by atoms with Crippen LogP contribution in [0.1, 0.15) is 50.9 Å². The van der Waals surface area contributed by atoms with E-state index in [2.05, 4.69) is 43.6 Å². The maximum atomic E-state index is 12.6. The Morgan fingerprint density at radius 2 is 1.67 bits per heavy atom. The smallest absolute Gasteiger partial charge is 0.253 e. The predicted octanol–water partition coefficient (Wildman–Crippen LogP) is 4.69. The molecule has 1 aromatic carbocycles. The van der Waals surface area contributed by atoms with Crippen LogP contribution in [0.25, 0.3) is 0 Å². The standard InChI is InChI=1S/C17H26BrNO2/c1-12(2)7-9-19(10-8-13(3)4)17(21)14-5-6-15(18)16(20)11-14/h5-6,11-13,20H,7-10H2,1-4H3. The first-order chi connectivity index (χ1) is 9.81. The molecule has 0 atom stereocenters. The number of aromatic hydroxyl groups is 1. The summed E-state index contributed by atoms with van der Waals surface area (Å²) in [5.74, 6) is 1.24. The van der Waals surface area contributed by atoms with Crippen molar-refractivity contribution in [1.82, 2.24) is 4.90 Å². The van der Waals surface area contributed by atoms with Crippen molar-refractivity contribution in [2.24, 2.45) is 11.8 Å². The average molecular weight is 356 g/mol. The monoisotopic (exact) mass is 355 g/mol. The molecule has 118 valence electrons. The molecule has 0 heterocycles. The van der Waals surface area contributed by atoms with Crippen molar-refractivity contribution < 1.29 is 9.90 Å². The molecule has 1 aromatic rings. The van der Waals surface area contributed by atoms with Gasteiger partial charge in [-0.2, -0.15) is 0 Å². The summed E-state index contributed by atoms with van der Waals surface area (Å²) in [6.07, 6.45) is 1.98. The highest BCUT2D eigenvalue weighted by atomic mass is 79.9. The largest absolute Gasteiger partial charge is 0.507 e. The van der Waals surface area contributed by atoms with Gasteiger partial charge in [-0.25, -0.2) is 0 Å². The molecule has 0 unspecified atom stereocenters. The highest BCUT2D eigenvalue weighted by Gasteiger charge is 2.17. The van der Waals surface area contributed by atoms with Crippen LogP contribution in [0.3, 0.4) is 0 Å². The highest BCUT2D eigenvalue weighted by Crippen LogP contribution is 2.25. The van der Waals surface area contributed by atoms with E-state index >= 15 is 0 Å². The summed E-state index contributed by atoms with van der Waals surface area (Å²) in [4.78, 5) is 14.5. The number of carbonyl (C=O) groups is 1. The molecule has 0 saturated heterocycles. The summed E-state index contributed by atoms with van der Waals surface area (Å²) in [5, 5.41) is 9.75. The number of halogens is 1. The third-order valence-corrected chi connectivity index (χ3v) is 4.10. The molecule has 0 aliphatic rings. The van der Waals surface area contributed by atoms with Gasteiger partial charge in [-0.3, -0.25) is 4.79 Å². The van der Waals surface area contributed by atoms with Gasteiger partial charge >= 0.3 is 0 Å². The van der Waals surface area contributed by atoms with Crippen molar-refractivity contribution >= 4 is 21.8 Å². The first kappa shape index (κ1) is 18.0. The van der Waals surface area contributed by atoms with Crippen LogP contribution in [0.5, 0.6) is 5.75 Å². The Balaban J connectivity index is 2.83. The Morgan fingerprint density at radius 1 is 1.14 bits per heavy atom. The third kappa shape index (κ3) is 6.08. The van der Waals surface area contributed by atoms with Crippen molar-refractivity contribution in [2.45, 2.75) is 40.5 Å². The van der Waals surface area contributed by atoms with Gasteiger partial charge in [0.2, 0.25) is 0 Å². The highest BCUT2D eigenvalue weighted by molar-refractivity contribution is 9.10. The molecule has 0 aliphatic heterocycles. The van der Waals surface area contributed by atoms with E-state index in [-0.39, 0.29) is 11.7 Å². The van der Waals surface area contributed by atoms with Crippen molar-refractivity contribution in [3.05, 3.63) is 28.2 Å². The van der Waals surface area contributed by atoms with E-state index in [1.165, 1.54) is 6.07 Å². The summed E-state index contributed by atoms with van der Waals surface area (Å²) in [5.41, 5.74) is 0.545. The van der Waals surface area contributed by atoms with Crippen LogP contribution in [0, 0.1) is 11.8 Å². The van der Waals surface area contributed by atoms with Crippen LogP contribution in [0.15, 0.2) is 22.7 Å². The average Bonchev–Trinajstić information content (AvgIpc) is 2.40. The van der Waals surface area contributed by atoms with Gasteiger partial charge in [0.05, 0.1) is 4.47 Å². The number of rotatable bonds is 7. The van der Waals surface area contributed by atoms with Gasteiger partial charge in [-0.05, 0) is 58.8 Å². The van der Waals surface area contributed by atoms with E-state index in [9.17, 15) is 9.90 Å². The fourth-order valence-electron chi connectivity index (χ4n) is 1.97. The van der Waals surface area contributed by atoms with Crippen LogP contribution in [-0.2, 0) is 0 Å². The number of phenols is 1. The van der Waals surface area contributed by atoms with Crippen molar-refractivity contribution in [2.75, 3.05) is 13.1 Å². The van der Waals surface area contributed by atoms with E-state index in [1.54, 1.807) is 12.1 Å². The van der Waals surface area contributed by atoms with E-state index < -0.39 is 0 Å². The lowest BCUT2D eigenvalue weighted by Gasteiger charge is -2.24. The topological polar surface area (TPSA) is 40.5 Å². The van der Waals surface area contributed by atoms with Gasteiger partial charge in [0.25, 0.3) is 5.91 Å². The summed E-state index contributed by atoms with van der Waals surface area (Å²) in [6.45, 7) is 10.2. The van der Waals surface area contributed by atoms with E-state index in [0.29, 0.717) is 21.9 Å². The van der Waals surface area contributed by atoms with E-state index in [4.69, 9.17) is 0 Å². The normalized spacial score (nSPS) is 11.2. The molecule has 3 nitrogen and oxygen atoms in total. The Labute approximate surface area is 136 Å². The number of nitrogens with zero attached hydrogens (tertiary/aromatic N) is 1. The Hall–Kier alpha value is -1.03. The van der Waals surface area contributed by atoms with Crippen LogP contribution in [0.4, 0.5) is 0 Å². The number of phenolic OH excluding ortho intramolecular Hbond substituents is 1. The molecule has 1 amide bonds. The first-order valence-corrected chi connectivity index (χ1v) is 8.38. The summed E-state index contributed by atoms with van der Waals surface area (Å²) in [6, 6.07) is 5.00. The molecule has 1 N–H and O–H groups in total. The van der Waals surface area contributed by atoms with Crippen molar-refractivity contribution in [3.8, 4) is 5.75 Å². The molecular weight excluding hydrogens is 330 g/mol. The molecule has 0 bridgehead atoms. The molecule has 1 rings (SSSR count). The number of hydrogen-bond acceptors (Lipinski definition) is 2. The fourth-order valence-corrected chi connectivity index (χ4v) is 2.22. The van der Waals surface area contributed by atoms with Crippen LogP contribution in [0.2, 0.25) is 0 Å². The van der Waals surface area contributed by atoms with Crippen LogP contribution in [-0.4, -0.2) is 29.0 Å². The van der Waals surface area contributed by atoms with Crippen LogP contribution >= 0.6 is 15.9 Å². The second-order valence-electron chi connectivity index (χ2n) is 6.32. The quantitative estimate of drug-likeness (QED) is 0.770. The van der Waals surface area contributed by atoms with Gasteiger partial charge < -0.3 is 10.0 Å². The minimum Gasteiger partial charge on any atom is -0.507 e. The molecule has 4 heteroatoms. The zero-order chi connectivity index (χ0) is 16.0. The van der Waals surface area contributed by atoms with Crippen LogP contribution < -0.4 is 0 Å². The number of carbonyl (C=O) groups excluding carboxylic acids is 1. The second kappa shape index (κ2) is 8.42. The van der Waals surface area contributed by atoms with E-state index in [0.717, 1.165) is 25.9 Å². The maximum absolute atomic E-state index is 12.6. The third-order valence-electron chi connectivity index (χ3n) is 3.43. The summed E-state index contributed by atoms with van der Waals surface area (Å²) < 4.78 is 0.606. The lowest BCUT2D eigenvalue weighted by Crippen LogP contribution is -2.34. The first-order valence-electron chi connectivity index (χ1n) is 7.59. The minimum absolute atomic E-state index is 0.000833.